The summed E-state index contributed by atoms with van der Waals surface area (Å²) >= 11 is 9.37. The Bertz CT molecular complexity index is 1280. The van der Waals surface area contributed by atoms with Gasteiger partial charge in [0.15, 0.2) is 0 Å². The molecule has 0 aliphatic carbocycles. The summed E-state index contributed by atoms with van der Waals surface area (Å²) in [6.07, 6.45) is -4.57. The maximum atomic E-state index is 15.3. The highest BCUT2D eigenvalue weighted by molar-refractivity contribution is 9.10. The first-order valence-electron chi connectivity index (χ1n) is 11.3. The minimum absolute atomic E-state index is 0.184. The van der Waals surface area contributed by atoms with Crippen LogP contribution < -0.4 is 10.6 Å². The first-order valence-corrected chi connectivity index (χ1v) is 12.4. The molecule has 1 fully saturated rings. The average molecular weight is 624 g/mol. The van der Waals surface area contributed by atoms with E-state index in [1.165, 1.54) is 0 Å². The highest BCUT2D eigenvalue weighted by Crippen LogP contribution is 2.57. The van der Waals surface area contributed by atoms with Crippen molar-refractivity contribution in [3.63, 3.8) is 0 Å². The Morgan fingerprint density at radius 1 is 1.13 bits per heavy atom. The van der Waals surface area contributed by atoms with Crippen LogP contribution in [0.3, 0.4) is 0 Å². The third kappa shape index (κ3) is 5.52. The van der Waals surface area contributed by atoms with Crippen molar-refractivity contribution in [1.82, 2.24) is 5.32 Å². The number of hydrogen-bond donors (Lipinski definition) is 4. The highest BCUT2D eigenvalue weighted by atomic mass is 79.9. The molecule has 7 nitrogen and oxygen atoms in total. The first-order chi connectivity index (χ1) is 17.4. The molecule has 4 rings (SSSR count). The van der Waals surface area contributed by atoms with Gasteiger partial charge in [-0.3, -0.25) is 14.9 Å². The Balaban J connectivity index is 0.000000505. The minimum atomic E-state index is -5.08. The van der Waals surface area contributed by atoms with E-state index >= 15 is 4.39 Å². The van der Waals surface area contributed by atoms with E-state index in [1.807, 2.05) is 20.8 Å². The molecule has 2 aromatic carbocycles. The van der Waals surface area contributed by atoms with Gasteiger partial charge in [0.2, 0.25) is 5.91 Å². The first kappa shape index (κ1) is 29.9. The van der Waals surface area contributed by atoms with Crippen LogP contribution >= 0.6 is 27.5 Å². The SMILES string of the molecule is CC(C)(C)C[C@@H]1N[C@@H](C(=O)O)[C@H](c2cccc(Br)c2F)[C@]12C(=O)Nc1cc(Cl)ccc12.O=C(O)C(F)(F)F. The summed E-state index contributed by atoms with van der Waals surface area (Å²) in [6, 6.07) is 8.17. The summed E-state index contributed by atoms with van der Waals surface area (Å²) in [5.41, 5.74) is -0.170. The molecule has 1 amide bonds. The number of hydrogen-bond acceptors (Lipinski definition) is 4. The molecule has 2 heterocycles. The summed E-state index contributed by atoms with van der Waals surface area (Å²) in [7, 11) is 0. The van der Waals surface area contributed by atoms with Crippen LogP contribution in [0.1, 0.15) is 44.2 Å². The molecule has 0 aromatic heterocycles. The zero-order valence-electron chi connectivity index (χ0n) is 20.3. The molecule has 1 saturated heterocycles. The Hall–Kier alpha value is -2.70. The van der Waals surface area contributed by atoms with Crippen molar-refractivity contribution in [1.29, 1.82) is 0 Å². The number of fused-ring (bicyclic) bond motifs is 2. The number of rotatable bonds is 3. The maximum absolute atomic E-state index is 15.3. The molecular formula is C25H24BrClF4N2O5. The number of nitrogens with one attached hydrogen (secondary N) is 2. The van der Waals surface area contributed by atoms with Crippen molar-refractivity contribution in [2.75, 3.05) is 5.32 Å². The fourth-order valence-corrected chi connectivity index (χ4v) is 5.69. The second-order valence-corrected chi connectivity index (χ2v) is 11.5. The molecular weight excluding hydrogens is 600 g/mol. The number of aliphatic carboxylic acids is 2. The third-order valence-corrected chi connectivity index (χ3v) is 7.29. The molecule has 0 saturated carbocycles. The fraction of sp³-hybridized carbons (Fsp3) is 0.400. The summed E-state index contributed by atoms with van der Waals surface area (Å²) in [5.74, 6) is -5.76. The van der Waals surface area contributed by atoms with Crippen LogP contribution in [0.4, 0.5) is 23.2 Å². The van der Waals surface area contributed by atoms with Gasteiger partial charge >= 0.3 is 18.1 Å². The lowest BCUT2D eigenvalue weighted by molar-refractivity contribution is -0.192. The summed E-state index contributed by atoms with van der Waals surface area (Å²) < 4.78 is 47.3. The van der Waals surface area contributed by atoms with Crippen LogP contribution in [0.25, 0.3) is 0 Å². The lowest BCUT2D eigenvalue weighted by atomic mass is 9.62. The van der Waals surface area contributed by atoms with Crippen LogP contribution in [-0.2, 0) is 19.8 Å². The normalized spacial score (nSPS) is 24.4. The lowest BCUT2D eigenvalue weighted by Crippen LogP contribution is -2.49. The van der Waals surface area contributed by atoms with Gasteiger partial charge in [0.25, 0.3) is 0 Å². The topological polar surface area (TPSA) is 116 Å². The number of halogens is 6. The third-order valence-electron chi connectivity index (χ3n) is 6.45. The quantitative estimate of drug-likeness (QED) is 0.326. The van der Waals surface area contributed by atoms with Crippen molar-refractivity contribution in [2.45, 2.75) is 56.8 Å². The minimum Gasteiger partial charge on any atom is -0.480 e. The van der Waals surface area contributed by atoms with Gasteiger partial charge in [0, 0.05) is 22.7 Å². The van der Waals surface area contributed by atoms with E-state index in [9.17, 15) is 27.9 Å². The van der Waals surface area contributed by atoms with Gasteiger partial charge in [0.1, 0.15) is 17.3 Å². The van der Waals surface area contributed by atoms with Crippen molar-refractivity contribution in [3.8, 4) is 0 Å². The zero-order chi connectivity index (χ0) is 28.8. The molecule has 0 bridgehead atoms. The van der Waals surface area contributed by atoms with E-state index < -0.39 is 47.3 Å². The van der Waals surface area contributed by atoms with Crippen LogP contribution in [0.2, 0.25) is 5.02 Å². The lowest BCUT2D eigenvalue weighted by Gasteiger charge is -2.37. The molecule has 4 atom stereocenters. The van der Waals surface area contributed by atoms with Gasteiger partial charge < -0.3 is 15.5 Å². The monoisotopic (exact) mass is 622 g/mol. The maximum Gasteiger partial charge on any atom is 0.490 e. The van der Waals surface area contributed by atoms with E-state index in [4.69, 9.17) is 21.5 Å². The Morgan fingerprint density at radius 3 is 2.26 bits per heavy atom. The van der Waals surface area contributed by atoms with Crippen LogP contribution in [-0.4, -0.2) is 46.3 Å². The van der Waals surface area contributed by atoms with Gasteiger partial charge in [-0.2, -0.15) is 13.2 Å². The summed E-state index contributed by atoms with van der Waals surface area (Å²) in [5, 5.41) is 23.7. The number of anilines is 1. The second-order valence-electron chi connectivity index (χ2n) is 10.2. The molecule has 206 valence electrons. The Labute approximate surface area is 228 Å². The van der Waals surface area contributed by atoms with Crippen molar-refractivity contribution in [2.24, 2.45) is 5.41 Å². The van der Waals surface area contributed by atoms with E-state index in [1.54, 1.807) is 36.4 Å². The number of carboxylic acids is 2. The smallest absolute Gasteiger partial charge is 0.480 e. The molecule has 1 spiro atoms. The number of alkyl halides is 3. The van der Waals surface area contributed by atoms with Crippen LogP contribution in [0.5, 0.6) is 0 Å². The molecule has 4 N–H and O–H groups in total. The number of carbonyl (C=O) groups excluding carboxylic acids is 1. The molecule has 13 heteroatoms. The molecule has 2 aromatic rings. The molecule has 38 heavy (non-hydrogen) atoms. The number of benzene rings is 2. The van der Waals surface area contributed by atoms with Gasteiger partial charge in [0.05, 0.1) is 4.47 Å². The second kappa shape index (κ2) is 10.5. The standard InChI is InChI=1S/C23H23BrClFN2O3.C2HF3O2/c1-22(2,3)10-16-23(13-8-7-11(25)9-15(13)27-21(23)31)17(19(28-16)20(29)30)12-5-4-6-14(24)18(12)26;3-2(4,5)1(6)7/h4-9,16-17,19,28H,10H2,1-3H3,(H,27,31)(H,29,30);(H,6,7)/t16-,17-,19+,23+;/m0./s1. The summed E-state index contributed by atoms with van der Waals surface area (Å²) in [4.78, 5) is 34.9. The van der Waals surface area contributed by atoms with Gasteiger partial charge in [-0.25, -0.2) is 9.18 Å². The van der Waals surface area contributed by atoms with Gasteiger partial charge in [-0.15, -0.1) is 0 Å². The predicted molar refractivity (Wildman–Crippen MR) is 135 cm³/mol. The Kier molecular flexibility index (Phi) is 8.22. The summed E-state index contributed by atoms with van der Waals surface area (Å²) in [6.45, 7) is 6.09. The van der Waals surface area contributed by atoms with E-state index in [2.05, 4.69) is 26.6 Å². The number of amides is 1. The fourth-order valence-electron chi connectivity index (χ4n) is 5.14. The van der Waals surface area contributed by atoms with E-state index in [-0.39, 0.29) is 21.4 Å². The van der Waals surface area contributed by atoms with Gasteiger partial charge in [-0.05, 0) is 57.1 Å². The van der Waals surface area contributed by atoms with Crippen molar-refractivity contribution < 1.29 is 42.2 Å². The van der Waals surface area contributed by atoms with E-state index in [0.29, 0.717) is 22.7 Å². The van der Waals surface area contributed by atoms with Crippen molar-refractivity contribution >= 4 is 51.1 Å². The largest absolute Gasteiger partial charge is 0.490 e. The zero-order valence-corrected chi connectivity index (χ0v) is 22.6. The number of carboxylic acid groups (broad SMARTS) is 2. The highest BCUT2D eigenvalue weighted by Gasteiger charge is 2.66. The van der Waals surface area contributed by atoms with Crippen LogP contribution in [0.15, 0.2) is 40.9 Å². The molecule has 2 aliphatic heterocycles. The molecule has 2 aliphatic rings. The average Bonchev–Trinajstić information content (AvgIpc) is 3.24. The Morgan fingerprint density at radius 2 is 1.74 bits per heavy atom. The van der Waals surface area contributed by atoms with Gasteiger partial charge in [-0.1, -0.05) is 50.6 Å². The number of carbonyl (C=O) groups is 3. The molecule has 0 radical (unpaired) electrons. The van der Waals surface area contributed by atoms with Crippen LogP contribution in [0, 0.1) is 11.2 Å². The van der Waals surface area contributed by atoms with Crippen molar-refractivity contribution in [3.05, 3.63) is 62.8 Å². The molecule has 0 unspecified atom stereocenters. The predicted octanol–water partition coefficient (Wildman–Crippen LogP) is 5.71. The van der Waals surface area contributed by atoms with E-state index in [0.717, 1.165) is 0 Å².